The van der Waals surface area contributed by atoms with Crippen molar-refractivity contribution in [2.24, 2.45) is 0 Å². The van der Waals surface area contributed by atoms with Gasteiger partial charge in [0.1, 0.15) is 0 Å². The summed E-state index contributed by atoms with van der Waals surface area (Å²) in [5, 5.41) is 12.1. The number of amides is 1. The van der Waals surface area contributed by atoms with E-state index in [9.17, 15) is 4.79 Å². The fraction of sp³-hybridized carbons (Fsp3) is 0.167. The average Bonchev–Trinajstić information content (AvgIpc) is 2.78. The topological polar surface area (TPSA) is 71.3 Å². The van der Waals surface area contributed by atoms with Gasteiger partial charge in [0.05, 0.1) is 24.8 Å². The highest BCUT2D eigenvalue weighted by Crippen LogP contribution is 2.29. The molecule has 0 bridgehead atoms. The maximum Gasteiger partial charge on any atom is 0.261 e. The molecule has 1 amide bonds. The SMILES string of the molecule is COc1cc(C#N)ccc1O[C@H](C)C(=O)NC(c1ccccc1)c1ccccc1. The molecular formula is C24H22N2O3. The minimum atomic E-state index is -0.758. The largest absolute Gasteiger partial charge is 0.493 e. The van der Waals surface area contributed by atoms with Gasteiger partial charge >= 0.3 is 0 Å². The Balaban J connectivity index is 1.79. The molecule has 29 heavy (non-hydrogen) atoms. The van der Waals surface area contributed by atoms with Gasteiger partial charge in [-0.15, -0.1) is 0 Å². The molecule has 0 aliphatic rings. The Morgan fingerprint density at radius 1 is 0.931 bits per heavy atom. The molecule has 3 aromatic rings. The molecule has 1 atom stereocenters. The van der Waals surface area contributed by atoms with Crippen LogP contribution < -0.4 is 14.8 Å². The first-order chi connectivity index (χ1) is 14.1. The third kappa shape index (κ3) is 4.94. The van der Waals surface area contributed by atoms with Crippen molar-refractivity contribution in [3.05, 3.63) is 95.6 Å². The summed E-state index contributed by atoms with van der Waals surface area (Å²) in [5.74, 6) is 0.561. The number of nitriles is 1. The Labute approximate surface area is 170 Å². The van der Waals surface area contributed by atoms with E-state index in [1.54, 1.807) is 25.1 Å². The average molecular weight is 386 g/mol. The quantitative estimate of drug-likeness (QED) is 0.659. The van der Waals surface area contributed by atoms with Crippen LogP contribution in [0, 0.1) is 11.3 Å². The molecule has 0 unspecified atom stereocenters. The van der Waals surface area contributed by atoms with Crippen LogP contribution in [0.2, 0.25) is 0 Å². The molecule has 0 radical (unpaired) electrons. The summed E-state index contributed by atoms with van der Waals surface area (Å²) >= 11 is 0. The first-order valence-electron chi connectivity index (χ1n) is 9.27. The summed E-state index contributed by atoms with van der Waals surface area (Å²) in [5.41, 5.74) is 2.42. The highest BCUT2D eigenvalue weighted by molar-refractivity contribution is 5.81. The first kappa shape index (κ1) is 20.0. The normalized spacial score (nSPS) is 11.4. The zero-order valence-corrected chi connectivity index (χ0v) is 16.3. The lowest BCUT2D eigenvalue weighted by molar-refractivity contribution is -0.127. The number of carbonyl (C=O) groups excluding carboxylic acids is 1. The highest BCUT2D eigenvalue weighted by Gasteiger charge is 2.22. The molecule has 0 fully saturated rings. The van der Waals surface area contributed by atoms with Gasteiger partial charge in [-0.1, -0.05) is 60.7 Å². The van der Waals surface area contributed by atoms with E-state index >= 15 is 0 Å². The van der Waals surface area contributed by atoms with Crippen LogP contribution in [0.4, 0.5) is 0 Å². The molecule has 5 heteroatoms. The van der Waals surface area contributed by atoms with Crippen LogP contribution in [0.25, 0.3) is 0 Å². The Bertz CT molecular complexity index is 958. The fourth-order valence-corrected chi connectivity index (χ4v) is 2.99. The van der Waals surface area contributed by atoms with Crippen molar-refractivity contribution >= 4 is 5.91 Å². The molecular weight excluding hydrogens is 364 g/mol. The van der Waals surface area contributed by atoms with Gasteiger partial charge in [0, 0.05) is 6.07 Å². The van der Waals surface area contributed by atoms with Gasteiger partial charge in [-0.25, -0.2) is 0 Å². The van der Waals surface area contributed by atoms with E-state index in [2.05, 4.69) is 11.4 Å². The number of ether oxygens (including phenoxy) is 2. The molecule has 1 N–H and O–H groups in total. The summed E-state index contributed by atoms with van der Waals surface area (Å²) in [6.45, 7) is 1.68. The smallest absolute Gasteiger partial charge is 0.261 e. The van der Waals surface area contributed by atoms with Gasteiger partial charge < -0.3 is 14.8 Å². The Kier molecular flexibility index (Phi) is 6.49. The lowest BCUT2D eigenvalue weighted by atomic mass is 9.98. The number of nitrogens with one attached hydrogen (secondary N) is 1. The molecule has 0 saturated carbocycles. The van der Waals surface area contributed by atoms with Crippen LogP contribution >= 0.6 is 0 Å². The summed E-state index contributed by atoms with van der Waals surface area (Å²) in [4.78, 5) is 12.9. The van der Waals surface area contributed by atoms with Crippen molar-refractivity contribution in [2.75, 3.05) is 7.11 Å². The van der Waals surface area contributed by atoms with Gasteiger partial charge in [0.15, 0.2) is 17.6 Å². The number of nitrogens with zero attached hydrogens (tertiary/aromatic N) is 1. The lowest BCUT2D eigenvalue weighted by Gasteiger charge is -2.23. The van der Waals surface area contributed by atoms with Gasteiger partial charge in [0.2, 0.25) is 0 Å². The van der Waals surface area contributed by atoms with Crippen molar-refractivity contribution in [1.82, 2.24) is 5.32 Å². The van der Waals surface area contributed by atoms with E-state index in [1.165, 1.54) is 7.11 Å². The van der Waals surface area contributed by atoms with E-state index in [0.717, 1.165) is 11.1 Å². The Morgan fingerprint density at radius 3 is 2.03 bits per heavy atom. The number of hydrogen-bond acceptors (Lipinski definition) is 4. The molecule has 0 aromatic heterocycles. The maximum absolute atomic E-state index is 12.9. The van der Waals surface area contributed by atoms with Crippen molar-refractivity contribution < 1.29 is 14.3 Å². The number of benzene rings is 3. The Hall–Kier alpha value is -3.78. The first-order valence-corrected chi connectivity index (χ1v) is 9.27. The number of rotatable bonds is 7. The molecule has 0 aliphatic heterocycles. The van der Waals surface area contributed by atoms with Crippen molar-refractivity contribution in [3.8, 4) is 17.6 Å². The third-order valence-corrected chi connectivity index (χ3v) is 4.52. The molecule has 5 nitrogen and oxygen atoms in total. The minimum Gasteiger partial charge on any atom is -0.493 e. The highest BCUT2D eigenvalue weighted by atomic mass is 16.5. The van der Waals surface area contributed by atoms with Crippen LogP contribution in [-0.4, -0.2) is 19.1 Å². The molecule has 3 aromatic carbocycles. The number of carbonyl (C=O) groups is 1. The molecule has 146 valence electrons. The molecule has 0 heterocycles. The van der Waals surface area contributed by atoms with E-state index in [1.807, 2.05) is 60.7 Å². The monoisotopic (exact) mass is 386 g/mol. The van der Waals surface area contributed by atoms with Crippen LogP contribution in [0.15, 0.2) is 78.9 Å². The zero-order valence-electron chi connectivity index (χ0n) is 16.3. The molecule has 0 spiro atoms. The van der Waals surface area contributed by atoms with Gasteiger partial charge in [-0.3, -0.25) is 4.79 Å². The van der Waals surface area contributed by atoms with Gasteiger partial charge in [-0.2, -0.15) is 5.26 Å². The van der Waals surface area contributed by atoms with Crippen molar-refractivity contribution in [1.29, 1.82) is 5.26 Å². The second kappa shape index (κ2) is 9.43. The molecule has 3 rings (SSSR count). The van der Waals surface area contributed by atoms with Crippen LogP contribution in [0.3, 0.4) is 0 Å². The number of methoxy groups -OCH3 is 1. The zero-order chi connectivity index (χ0) is 20.6. The van der Waals surface area contributed by atoms with Crippen LogP contribution in [0.5, 0.6) is 11.5 Å². The van der Waals surface area contributed by atoms with E-state index in [-0.39, 0.29) is 11.9 Å². The van der Waals surface area contributed by atoms with E-state index < -0.39 is 6.10 Å². The predicted molar refractivity (Wildman–Crippen MR) is 111 cm³/mol. The van der Waals surface area contributed by atoms with Gasteiger partial charge in [-0.05, 0) is 30.2 Å². The van der Waals surface area contributed by atoms with E-state index in [0.29, 0.717) is 17.1 Å². The van der Waals surface area contributed by atoms with Crippen molar-refractivity contribution in [3.63, 3.8) is 0 Å². The number of hydrogen-bond donors (Lipinski definition) is 1. The van der Waals surface area contributed by atoms with Gasteiger partial charge in [0.25, 0.3) is 5.91 Å². The lowest BCUT2D eigenvalue weighted by Crippen LogP contribution is -2.39. The van der Waals surface area contributed by atoms with Crippen molar-refractivity contribution in [2.45, 2.75) is 19.1 Å². The molecule has 0 aliphatic carbocycles. The summed E-state index contributed by atoms with van der Waals surface area (Å²) in [6, 6.07) is 26.2. The van der Waals surface area contributed by atoms with Crippen LogP contribution in [0.1, 0.15) is 29.7 Å². The predicted octanol–water partition coefficient (Wildman–Crippen LogP) is 4.24. The second-order valence-corrected chi connectivity index (χ2v) is 6.50. The summed E-state index contributed by atoms with van der Waals surface area (Å²) in [6.07, 6.45) is -0.758. The third-order valence-electron chi connectivity index (χ3n) is 4.52. The second-order valence-electron chi connectivity index (χ2n) is 6.50. The van der Waals surface area contributed by atoms with E-state index in [4.69, 9.17) is 14.7 Å². The summed E-state index contributed by atoms with van der Waals surface area (Å²) in [7, 11) is 1.49. The fourth-order valence-electron chi connectivity index (χ4n) is 2.99. The standard InChI is InChI=1S/C24H22N2O3/c1-17(29-21-14-13-18(16-25)15-22(21)28-2)24(27)26-23(19-9-5-3-6-10-19)20-11-7-4-8-12-20/h3-15,17,23H,1-2H3,(H,26,27)/t17-/m1/s1. The minimum absolute atomic E-state index is 0.255. The summed E-state index contributed by atoms with van der Waals surface area (Å²) < 4.78 is 11.1. The van der Waals surface area contributed by atoms with Crippen LogP contribution in [-0.2, 0) is 4.79 Å². The molecule has 0 saturated heterocycles. The maximum atomic E-state index is 12.9. The Morgan fingerprint density at radius 2 is 1.52 bits per heavy atom.